The zero-order chi connectivity index (χ0) is 29.8. The largest absolute Gasteiger partial charge is 0.348 e. The topological polar surface area (TPSA) is 29.1 Å². The molecule has 0 saturated heterocycles. The fourth-order valence-electron chi connectivity index (χ4n) is 5.49. The van der Waals surface area contributed by atoms with E-state index in [0.717, 1.165) is 28.3 Å². The Hall–Kier alpha value is -4.52. The first-order valence-corrected chi connectivity index (χ1v) is 16.2. The third kappa shape index (κ3) is 5.64. The average molecular weight is 601 g/mol. The summed E-state index contributed by atoms with van der Waals surface area (Å²) < 4.78 is 5.80. The lowest BCUT2D eigenvalue weighted by molar-refractivity contribution is -0.679. The second-order valence-corrected chi connectivity index (χ2v) is 12.2. The first-order chi connectivity index (χ1) is 21.1. The molecule has 0 spiro atoms. The first kappa shape index (κ1) is 28.6. The van der Waals surface area contributed by atoms with E-state index >= 15 is 0 Å². The molecule has 1 aliphatic heterocycles. The standard InChI is InChI=1S/C37H34N3OS2/c1-4-24-40-34(42-32(37(40)41)22-21-27-23-25-38(5-2)31-20-14-13-19-30(27)31)26-33-39(6-3)35(28-15-9-7-10-16-28)36(43-33)29-17-11-8-12-18-29/h4,7-23,25-26H,1,5-6,24H2,2-3H3/q+1/b27-21+,32-22+. The second kappa shape index (κ2) is 12.8. The molecule has 0 bridgehead atoms. The van der Waals surface area contributed by atoms with Gasteiger partial charge in [-0.2, -0.15) is 4.57 Å². The second-order valence-electron chi connectivity index (χ2n) is 10.2. The summed E-state index contributed by atoms with van der Waals surface area (Å²) in [5.41, 5.74) is 7.00. The number of fused-ring (bicyclic) bond motifs is 1. The van der Waals surface area contributed by atoms with Crippen molar-refractivity contribution in [3.63, 3.8) is 0 Å². The molecule has 4 nitrogen and oxygen atoms in total. The van der Waals surface area contributed by atoms with Gasteiger partial charge in [-0.15, -0.1) is 17.9 Å². The van der Waals surface area contributed by atoms with Crippen molar-refractivity contribution in [1.82, 2.24) is 4.57 Å². The molecule has 3 aromatic carbocycles. The molecular weight excluding hydrogens is 567 g/mol. The molecule has 0 atom stereocenters. The van der Waals surface area contributed by atoms with E-state index in [-0.39, 0.29) is 5.56 Å². The van der Waals surface area contributed by atoms with Gasteiger partial charge in [-0.25, -0.2) is 0 Å². The van der Waals surface area contributed by atoms with E-state index in [1.54, 1.807) is 17.4 Å². The normalized spacial score (nSPS) is 14.5. The van der Waals surface area contributed by atoms with Gasteiger partial charge in [0.15, 0.2) is 0 Å². The Balaban J connectivity index is 1.52. The summed E-state index contributed by atoms with van der Waals surface area (Å²) in [6.45, 7) is 10.4. The van der Waals surface area contributed by atoms with Crippen LogP contribution in [0.1, 0.15) is 24.4 Å². The summed E-state index contributed by atoms with van der Waals surface area (Å²) in [7, 11) is 0. The number of allylic oxidation sites excluding steroid dienone is 4. The maximum absolute atomic E-state index is 13.7. The van der Waals surface area contributed by atoms with Gasteiger partial charge in [0.05, 0.1) is 10.6 Å². The van der Waals surface area contributed by atoms with Gasteiger partial charge in [0.2, 0.25) is 5.69 Å². The van der Waals surface area contributed by atoms with Gasteiger partial charge in [-0.3, -0.25) is 9.36 Å². The lowest BCUT2D eigenvalue weighted by Gasteiger charge is -2.26. The molecule has 5 aromatic rings. The molecule has 0 fully saturated rings. The Kier molecular flexibility index (Phi) is 8.50. The van der Waals surface area contributed by atoms with Gasteiger partial charge in [-0.1, -0.05) is 90.2 Å². The van der Waals surface area contributed by atoms with Crippen LogP contribution >= 0.6 is 22.7 Å². The number of anilines is 1. The van der Waals surface area contributed by atoms with E-state index in [0.29, 0.717) is 11.1 Å². The van der Waals surface area contributed by atoms with Crippen LogP contribution in [-0.4, -0.2) is 11.1 Å². The average Bonchev–Trinajstić information content (AvgIpc) is 3.57. The number of hydrogen-bond donors (Lipinski definition) is 0. The summed E-state index contributed by atoms with van der Waals surface area (Å²) in [6.07, 6.45) is 12.2. The van der Waals surface area contributed by atoms with E-state index in [9.17, 15) is 4.79 Å². The summed E-state index contributed by atoms with van der Waals surface area (Å²) >= 11 is 3.29. The van der Waals surface area contributed by atoms with Crippen molar-refractivity contribution in [1.29, 1.82) is 0 Å². The molecule has 0 saturated carbocycles. The molecule has 1 aliphatic rings. The van der Waals surface area contributed by atoms with Crippen LogP contribution in [0.4, 0.5) is 5.69 Å². The lowest BCUT2D eigenvalue weighted by atomic mass is 9.99. The van der Waals surface area contributed by atoms with Crippen LogP contribution in [0.25, 0.3) is 39.4 Å². The van der Waals surface area contributed by atoms with Crippen molar-refractivity contribution in [3.05, 3.63) is 146 Å². The highest BCUT2D eigenvalue weighted by molar-refractivity contribution is 7.16. The number of nitrogens with zero attached hydrogens (tertiary/aromatic N) is 3. The summed E-state index contributed by atoms with van der Waals surface area (Å²) in [5, 5.41) is 1.10. The van der Waals surface area contributed by atoms with Gasteiger partial charge < -0.3 is 4.90 Å². The Labute approximate surface area is 260 Å². The zero-order valence-electron chi connectivity index (χ0n) is 24.4. The lowest BCUT2D eigenvalue weighted by Crippen LogP contribution is -2.37. The Bertz CT molecular complexity index is 2010. The minimum Gasteiger partial charge on any atom is -0.348 e. The van der Waals surface area contributed by atoms with Crippen molar-refractivity contribution in [2.45, 2.75) is 26.9 Å². The van der Waals surface area contributed by atoms with Crippen LogP contribution in [-0.2, 0) is 13.1 Å². The maximum Gasteiger partial charge on any atom is 0.269 e. The predicted molar refractivity (Wildman–Crippen MR) is 184 cm³/mol. The fourth-order valence-corrected chi connectivity index (χ4v) is 7.85. The summed E-state index contributed by atoms with van der Waals surface area (Å²) in [4.78, 5) is 17.1. The molecule has 0 amide bonds. The van der Waals surface area contributed by atoms with E-state index in [4.69, 9.17) is 0 Å². The summed E-state index contributed by atoms with van der Waals surface area (Å²) in [6, 6.07) is 29.5. The minimum absolute atomic E-state index is 0.00225. The summed E-state index contributed by atoms with van der Waals surface area (Å²) in [5.74, 6) is 0. The first-order valence-electron chi connectivity index (χ1n) is 14.6. The Morgan fingerprint density at radius 1 is 0.860 bits per heavy atom. The molecule has 3 heterocycles. The highest BCUT2D eigenvalue weighted by Gasteiger charge is 2.27. The SMILES string of the molecule is C=CCn1c(=Cc2sc(-c3ccccc3)c(-c3ccccc3)[n+]2CC)s/c(=C/C=C2\C=CN(CC)c3ccccc32)c1=O. The molecule has 43 heavy (non-hydrogen) atoms. The number of rotatable bonds is 8. The van der Waals surface area contributed by atoms with Gasteiger partial charge in [0, 0.05) is 36.1 Å². The zero-order valence-corrected chi connectivity index (χ0v) is 26.1. The van der Waals surface area contributed by atoms with Crippen LogP contribution < -0.4 is 24.2 Å². The Morgan fingerprint density at radius 2 is 1.56 bits per heavy atom. The maximum atomic E-state index is 13.7. The van der Waals surface area contributed by atoms with Crippen LogP contribution in [0.15, 0.2) is 121 Å². The van der Waals surface area contributed by atoms with Gasteiger partial charge in [0.25, 0.3) is 10.6 Å². The molecule has 0 radical (unpaired) electrons. The highest BCUT2D eigenvalue weighted by atomic mass is 32.1. The molecule has 6 heteroatoms. The third-order valence-corrected chi connectivity index (χ3v) is 9.82. The van der Waals surface area contributed by atoms with E-state index in [1.807, 2.05) is 10.6 Å². The minimum atomic E-state index is 0.00225. The van der Waals surface area contributed by atoms with Crippen LogP contribution in [0, 0.1) is 0 Å². The molecule has 214 valence electrons. The van der Waals surface area contributed by atoms with Crippen molar-refractivity contribution in [3.8, 4) is 21.7 Å². The van der Waals surface area contributed by atoms with Gasteiger partial charge in [-0.05, 0) is 55.3 Å². The number of hydrogen-bond acceptors (Lipinski definition) is 4. The fraction of sp³-hybridized carbons (Fsp3) is 0.135. The quantitative estimate of drug-likeness (QED) is 0.144. The molecule has 0 aliphatic carbocycles. The van der Waals surface area contributed by atoms with E-state index < -0.39 is 0 Å². The van der Waals surface area contributed by atoms with Crippen LogP contribution in [0.3, 0.4) is 0 Å². The van der Waals surface area contributed by atoms with E-state index in [2.05, 4.69) is 139 Å². The van der Waals surface area contributed by atoms with Crippen molar-refractivity contribution >= 4 is 46.1 Å². The van der Waals surface area contributed by atoms with Crippen molar-refractivity contribution in [2.75, 3.05) is 11.4 Å². The molecule has 2 aromatic heterocycles. The molecule has 6 rings (SSSR count). The Morgan fingerprint density at radius 3 is 2.26 bits per heavy atom. The van der Waals surface area contributed by atoms with Crippen molar-refractivity contribution < 1.29 is 4.57 Å². The number of para-hydroxylation sites is 1. The van der Waals surface area contributed by atoms with Gasteiger partial charge in [0.1, 0.15) is 16.1 Å². The van der Waals surface area contributed by atoms with E-state index in [1.165, 1.54) is 44.3 Å². The molecule has 0 unspecified atom stereocenters. The molecular formula is C37H34N3OS2+. The number of thiazole rings is 2. The molecule has 0 N–H and O–H groups in total. The van der Waals surface area contributed by atoms with Gasteiger partial charge >= 0.3 is 0 Å². The third-order valence-electron chi connectivity index (χ3n) is 7.57. The van der Waals surface area contributed by atoms with Crippen LogP contribution in [0.2, 0.25) is 0 Å². The predicted octanol–water partition coefficient (Wildman–Crippen LogP) is 6.85. The number of aromatic nitrogens is 2. The smallest absolute Gasteiger partial charge is 0.269 e. The van der Waals surface area contributed by atoms with Crippen LogP contribution in [0.5, 0.6) is 0 Å². The highest BCUT2D eigenvalue weighted by Crippen LogP contribution is 2.36. The van der Waals surface area contributed by atoms with Crippen molar-refractivity contribution in [2.24, 2.45) is 0 Å². The number of benzene rings is 3. The monoisotopic (exact) mass is 600 g/mol.